The van der Waals surface area contributed by atoms with Gasteiger partial charge in [-0.3, -0.25) is 4.79 Å². The van der Waals surface area contributed by atoms with Gasteiger partial charge in [0.15, 0.2) is 0 Å². The van der Waals surface area contributed by atoms with Gasteiger partial charge in [0.05, 0.1) is 12.5 Å². The van der Waals surface area contributed by atoms with Gasteiger partial charge >= 0.3 is 0 Å². The van der Waals surface area contributed by atoms with E-state index in [0.29, 0.717) is 30.6 Å². The van der Waals surface area contributed by atoms with Crippen molar-refractivity contribution in [2.45, 2.75) is 63.3 Å². The lowest BCUT2D eigenvalue weighted by atomic mass is 9.83. The van der Waals surface area contributed by atoms with Crippen molar-refractivity contribution < 1.29 is 9.21 Å². The molecule has 1 saturated carbocycles. The van der Waals surface area contributed by atoms with E-state index in [1.165, 1.54) is 30.4 Å². The number of carbonyl (C=O) groups excluding carboxylic acids is 1. The summed E-state index contributed by atoms with van der Waals surface area (Å²) in [5.74, 6) is 2.58. The van der Waals surface area contributed by atoms with Gasteiger partial charge in [-0.15, -0.1) is 10.2 Å². The van der Waals surface area contributed by atoms with E-state index in [-0.39, 0.29) is 11.9 Å². The minimum atomic E-state index is 0.0676. The van der Waals surface area contributed by atoms with Crippen LogP contribution in [0.5, 0.6) is 0 Å². The van der Waals surface area contributed by atoms with Gasteiger partial charge in [0, 0.05) is 18.9 Å². The van der Waals surface area contributed by atoms with Crippen LogP contribution in [0.1, 0.15) is 79.8 Å². The van der Waals surface area contributed by atoms with Crippen LogP contribution in [0.4, 0.5) is 0 Å². The third-order valence-corrected chi connectivity index (χ3v) is 7.59. The predicted molar refractivity (Wildman–Crippen MR) is 136 cm³/mol. The zero-order chi connectivity index (χ0) is 23.9. The number of hydrogen-bond donors (Lipinski definition) is 1. The molecule has 0 spiro atoms. The molecule has 2 aromatic carbocycles. The first kappa shape index (κ1) is 23.7. The number of piperidine rings is 1. The normalized spacial score (nSPS) is 18.2. The lowest BCUT2D eigenvalue weighted by molar-refractivity contribution is -0.123. The van der Waals surface area contributed by atoms with Crippen LogP contribution in [0, 0.1) is 5.92 Å². The van der Waals surface area contributed by atoms with Gasteiger partial charge in [-0.25, -0.2) is 0 Å². The molecule has 1 saturated heterocycles. The molecule has 1 unspecified atom stereocenters. The van der Waals surface area contributed by atoms with E-state index in [9.17, 15) is 4.79 Å². The van der Waals surface area contributed by atoms with Crippen LogP contribution in [0.3, 0.4) is 0 Å². The number of amides is 1. The highest BCUT2D eigenvalue weighted by Crippen LogP contribution is 2.30. The first-order valence-electron chi connectivity index (χ1n) is 13.2. The standard InChI is InChI=1S/C29H36N4O2/c34-27(20-22-10-7-11-22)30-26(24-12-5-2-6-13-24)16-19-33-17-14-25(15-18-33)29-32-31-28(35-29)21-23-8-3-1-4-9-23/h1-6,8-9,12-13,22,25-26H,7,10-11,14-21H2,(H,30,34). The molecule has 1 N–H and O–H groups in total. The number of nitrogens with zero attached hydrogens (tertiary/aromatic N) is 3. The SMILES string of the molecule is O=C(CC1CCC1)NC(CCN1CCC(c2nnc(Cc3ccccc3)o2)CC1)c1ccccc1. The van der Waals surface area contributed by atoms with Gasteiger partial charge in [-0.2, -0.15) is 0 Å². The second kappa shape index (κ2) is 11.6. The highest BCUT2D eigenvalue weighted by molar-refractivity contribution is 5.76. The minimum absolute atomic E-state index is 0.0676. The van der Waals surface area contributed by atoms with E-state index < -0.39 is 0 Å². The summed E-state index contributed by atoms with van der Waals surface area (Å²) in [5, 5.41) is 12.0. The van der Waals surface area contributed by atoms with Crippen molar-refractivity contribution in [1.29, 1.82) is 0 Å². The summed E-state index contributed by atoms with van der Waals surface area (Å²) in [5.41, 5.74) is 2.38. The molecule has 1 aromatic heterocycles. The molecule has 5 rings (SSSR count). The van der Waals surface area contributed by atoms with Crippen LogP contribution < -0.4 is 5.32 Å². The molecule has 6 heteroatoms. The van der Waals surface area contributed by atoms with Crippen LogP contribution in [0.15, 0.2) is 65.1 Å². The molecule has 3 aromatic rings. The third-order valence-electron chi connectivity index (χ3n) is 7.59. The molecule has 1 aliphatic carbocycles. The van der Waals surface area contributed by atoms with Crippen LogP contribution in [-0.2, 0) is 11.2 Å². The predicted octanol–water partition coefficient (Wildman–Crippen LogP) is 5.28. The summed E-state index contributed by atoms with van der Waals surface area (Å²) in [6, 6.07) is 20.7. The maximum absolute atomic E-state index is 12.7. The largest absolute Gasteiger partial charge is 0.425 e. The zero-order valence-corrected chi connectivity index (χ0v) is 20.4. The Balaban J connectivity index is 1.11. The van der Waals surface area contributed by atoms with Gasteiger partial charge in [0.25, 0.3) is 0 Å². The maximum Gasteiger partial charge on any atom is 0.220 e. The van der Waals surface area contributed by atoms with E-state index in [1.54, 1.807) is 0 Å². The van der Waals surface area contributed by atoms with Gasteiger partial charge in [-0.1, -0.05) is 67.1 Å². The number of aromatic nitrogens is 2. The van der Waals surface area contributed by atoms with E-state index >= 15 is 0 Å². The van der Waals surface area contributed by atoms with Crippen LogP contribution >= 0.6 is 0 Å². The zero-order valence-electron chi connectivity index (χ0n) is 20.4. The fourth-order valence-corrected chi connectivity index (χ4v) is 5.21. The first-order valence-corrected chi connectivity index (χ1v) is 13.2. The van der Waals surface area contributed by atoms with Crippen LogP contribution in [-0.4, -0.2) is 40.6 Å². The monoisotopic (exact) mass is 472 g/mol. The molecule has 1 amide bonds. The lowest BCUT2D eigenvalue weighted by Gasteiger charge is -2.32. The van der Waals surface area contributed by atoms with Crippen molar-refractivity contribution in [1.82, 2.24) is 20.4 Å². The fourth-order valence-electron chi connectivity index (χ4n) is 5.21. The molecular weight excluding hydrogens is 436 g/mol. The summed E-state index contributed by atoms with van der Waals surface area (Å²) in [4.78, 5) is 15.2. The number of likely N-dealkylation sites (tertiary alicyclic amines) is 1. The van der Waals surface area contributed by atoms with Gasteiger partial charge in [-0.05, 0) is 62.2 Å². The Bertz CT molecular complexity index is 1060. The van der Waals surface area contributed by atoms with E-state index in [1.807, 2.05) is 24.3 Å². The molecule has 1 aliphatic heterocycles. The number of carbonyl (C=O) groups is 1. The average molecular weight is 473 g/mol. The maximum atomic E-state index is 12.7. The number of rotatable bonds is 10. The second-order valence-electron chi connectivity index (χ2n) is 10.1. The smallest absolute Gasteiger partial charge is 0.220 e. The van der Waals surface area contributed by atoms with Crippen molar-refractivity contribution in [2.75, 3.05) is 19.6 Å². The van der Waals surface area contributed by atoms with Crippen molar-refractivity contribution in [2.24, 2.45) is 5.92 Å². The summed E-state index contributed by atoms with van der Waals surface area (Å²) in [7, 11) is 0. The van der Waals surface area contributed by atoms with Crippen molar-refractivity contribution in [3.63, 3.8) is 0 Å². The van der Waals surface area contributed by atoms with Crippen molar-refractivity contribution in [3.8, 4) is 0 Å². The number of benzene rings is 2. The van der Waals surface area contributed by atoms with Gasteiger partial charge in [0.1, 0.15) is 0 Å². The van der Waals surface area contributed by atoms with Crippen LogP contribution in [0.25, 0.3) is 0 Å². The van der Waals surface area contributed by atoms with E-state index in [0.717, 1.165) is 44.8 Å². The molecule has 35 heavy (non-hydrogen) atoms. The quantitative estimate of drug-likeness (QED) is 0.435. The van der Waals surface area contributed by atoms with Crippen molar-refractivity contribution >= 4 is 5.91 Å². The Labute approximate surface area is 208 Å². The molecule has 2 fully saturated rings. The highest BCUT2D eigenvalue weighted by Gasteiger charge is 2.27. The van der Waals surface area contributed by atoms with Crippen molar-refractivity contribution in [3.05, 3.63) is 83.6 Å². The number of hydrogen-bond acceptors (Lipinski definition) is 5. The Morgan fingerprint density at radius 1 is 0.971 bits per heavy atom. The minimum Gasteiger partial charge on any atom is -0.425 e. The Morgan fingerprint density at radius 3 is 2.37 bits per heavy atom. The molecule has 2 heterocycles. The lowest BCUT2D eigenvalue weighted by Crippen LogP contribution is -2.37. The third kappa shape index (κ3) is 6.57. The fraction of sp³-hybridized carbons (Fsp3) is 0.483. The highest BCUT2D eigenvalue weighted by atomic mass is 16.4. The topological polar surface area (TPSA) is 71.3 Å². The molecule has 2 aliphatic rings. The Kier molecular flexibility index (Phi) is 7.89. The Morgan fingerprint density at radius 2 is 1.69 bits per heavy atom. The Hall–Kier alpha value is -2.99. The summed E-state index contributed by atoms with van der Waals surface area (Å²) in [6.45, 7) is 3.00. The molecule has 0 radical (unpaired) electrons. The number of nitrogens with one attached hydrogen (secondary N) is 1. The molecule has 184 valence electrons. The average Bonchev–Trinajstić information content (AvgIpc) is 3.34. The second-order valence-corrected chi connectivity index (χ2v) is 10.1. The van der Waals surface area contributed by atoms with Gasteiger partial charge < -0.3 is 14.6 Å². The molecule has 0 bridgehead atoms. The van der Waals surface area contributed by atoms with Gasteiger partial charge in [0.2, 0.25) is 17.7 Å². The van der Waals surface area contributed by atoms with E-state index in [4.69, 9.17) is 4.42 Å². The molecule has 6 nitrogen and oxygen atoms in total. The van der Waals surface area contributed by atoms with Crippen LogP contribution in [0.2, 0.25) is 0 Å². The molecular formula is C29H36N4O2. The summed E-state index contributed by atoms with van der Waals surface area (Å²) >= 11 is 0. The summed E-state index contributed by atoms with van der Waals surface area (Å²) < 4.78 is 6.02. The van der Waals surface area contributed by atoms with E-state index in [2.05, 4.69) is 56.8 Å². The first-order chi connectivity index (χ1) is 17.2. The molecule has 1 atom stereocenters. The summed E-state index contributed by atoms with van der Waals surface area (Å²) in [6.07, 6.45) is 8.00.